The standard InChI is InChI=1S/C14H10BrFN4S/c1-21-13-17-7-6-11(19-13)14(15)8-18-12(20-14)9-2-4-10(16)5-3-9/h2-8H,1H3. The molecule has 0 amide bonds. The molecule has 0 aliphatic carbocycles. The van der Waals surface area contributed by atoms with Crippen LogP contribution in [-0.4, -0.2) is 28.3 Å². The first-order valence-electron chi connectivity index (χ1n) is 6.08. The number of benzene rings is 1. The molecule has 0 radical (unpaired) electrons. The average molecular weight is 365 g/mol. The molecule has 1 aliphatic rings. The van der Waals surface area contributed by atoms with Crippen LogP contribution in [0.2, 0.25) is 0 Å². The molecule has 106 valence electrons. The molecule has 0 fully saturated rings. The summed E-state index contributed by atoms with van der Waals surface area (Å²) >= 11 is 5.02. The van der Waals surface area contributed by atoms with Crippen LogP contribution in [0.5, 0.6) is 0 Å². The van der Waals surface area contributed by atoms with Crippen LogP contribution in [0.1, 0.15) is 11.3 Å². The molecular weight excluding hydrogens is 355 g/mol. The molecule has 0 spiro atoms. The number of halogens is 2. The fourth-order valence-electron chi connectivity index (χ4n) is 1.85. The summed E-state index contributed by atoms with van der Waals surface area (Å²) in [5.41, 5.74) is 1.47. The lowest BCUT2D eigenvalue weighted by Gasteiger charge is -2.14. The highest BCUT2D eigenvalue weighted by atomic mass is 79.9. The lowest BCUT2D eigenvalue weighted by atomic mass is 10.2. The van der Waals surface area contributed by atoms with Crippen molar-refractivity contribution < 1.29 is 4.39 Å². The molecule has 21 heavy (non-hydrogen) atoms. The third-order valence-electron chi connectivity index (χ3n) is 2.90. The molecule has 1 aliphatic heterocycles. The fraction of sp³-hybridized carbons (Fsp3) is 0.143. The molecule has 0 N–H and O–H groups in total. The van der Waals surface area contributed by atoms with E-state index in [1.807, 2.05) is 6.26 Å². The van der Waals surface area contributed by atoms with Crippen molar-refractivity contribution in [1.82, 2.24) is 9.97 Å². The lowest BCUT2D eigenvalue weighted by Crippen LogP contribution is -2.17. The largest absolute Gasteiger partial charge is 0.237 e. The Hall–Kier alpha value is -1.60. The summed E-state index contributed by atoms with van der Waals surface area (Å²) < 4.78 is 12.2. The number of hydrogen-bond donors (Lipinski definition) is 0. The highest BCUT2D eigenvalue weighted by molar-refractivity contribution is 9.10. The van der Waals surface area contributed by atoms with Gasteiger partial charge in [-0.2, -0.15) is 0 Å². The van der Waals surface area contributed by atoms with E-state index < -0.39 is 4.45 Å². The van der Waals surface area contributed by atoms with Gasteiger partial charge in [0, 0.05) is 11.8 Å². The maximum Gasteiger partial charge on any atom is 0.194 e. The van der Waals surface area contributed by atoms with Gasteiger partial charge in [0.1, 0.15) is 5.82 Å². The maximum atomic E-state index is 13.0. The molecule has 4 nitrogen and oxygen atoms in total. The second-order valence-electron chi connectivity index (χ2n) is 4.30. The Balaban J connectivity index is 1.97. The van der Waals surface area contributed by atoms with Crippen molar-refractivity contribution in [2.75, 3.05) is 6.26 Å². The van der Waals surface area contributed by atoms with Gasteiger partial charge in [0.2, 0.25) is 0 Å². The van der Waals surface area contributed by atoms with Crippen LogP contribution in [-0.2, 0) is 4.45 Å². The zero-order chi connectivity index (χ0) is 14.9. The lowest BCUT2D eigenvalue weighted by molar-refractivity contribution is 0.628. The maximum absolute atomic E-state index is 13.0. The number of aliphatic imine (C=N–C) groups is 2. The summed E-state index contributed by atoms with van der Waals surface area (Å²) in [6.07, 6.45) is 5.28. The van der Waals surface area contributed by atoms with E-state index >= 15 is 0 Å². The van der Waals surface area contributed by atoms with Gasteiger partial charge in [-0.15, -0.1) is 0 Å². The fourth-order valence-corrected chi connectivity index (χ4v) is 2.70. The van der Waals surface area contributed by atoms with Crippen LogP contribution in [0.4, 0.5) is 4.39 Å². The number of nitrogens with zero attached hydrogens (tertiary/aromatic N) is 4. The van der Waals surface area contributed by atoms with E-state index in [0.29, 0.717) is 16.7 Å². The Morgan fingerprint density at radius 2 is 1.95 bits per heavy atom. The van der Waals surface area contributed by atoms with Crippen LogP contribution in [0.3, 0.4) is 0 Å². The molecule has 7 heteroatoms. The summed E-state index contributed by atoms with van der Waals surface area (Å²) in [5, 5.41) is 0.671. The number of alkyl halides is 1. The third-order valence-corrected chi connectivity index (χ3v) is 4.25. The van der Waals surface area contributed by atoms with Crippen molar-refractivity contribution in [3.8, 4) is 0 Å². The normalized spacial score (nSPS) is 20.6. The molecule has 0 saturated carbocycles. The quantitative estimate of drug-likeness (QED) is 0.363. The predicted molar refractivity (Wildman–Crippen MR) is 85.8 cm³/mol. The molecular formula is C14H10BrFN4S. The van der Waals surface area contributed by atoms with Crippen LogP contribution >= 0.6 is 27.7 Å². The molecule has 2 aromatic rings. The van der Waals surface area contributed by atoms with E-state index in [1.165, 1.54) is 23.9 Å². The van der Waals surface area contributed by atoms with Gasteiger partial charge in [-0.25, -0.2) is 24.3 Å². The molecule has 2 heterocycles. The van der Waals surface area contributed by atoms with Crippen LogP contribution < -0.4 is 0 Å². The van der Waals surface area contributed by atoms with E-state index in [0.717, 1.165) is 5.56 Å². The van der Waals surface area contributed by atoms with E-state index in [9.17, 15) is 4.39 Å². The number of thioether (sulfide) groups is 1. The van der Waals surface area contributed by atoms with Crippen LogP contribution in [0, 0.1) is 5.82 Å². The number of amidine groups is 1. The Kier molecular flexibility index (Phi) is 3.86. The minimum absolute atomic E-state index is 0.285. The van der Waals surface area contributed by atoms with Gasteiger partial charge in [-0.1, -0.05) is 11.8 Å². The Labute approximate surface area is 133 Å². The number of hydrogen-bond acceptors (Lipinski definition) is 5. The van der Waals surface area contributed by atoms with Crippen molar-refractivity contribution in [3.63, 3.8) is 0 Å². The Morgan fingerprint density at radius 3 is 2.67 bits per heavy atom. The van der Waals surface area contributed by atoms with Crippen molar-refractivity contribution in [1.29, 1.82) is 0 Å². The zero-order valence-corrected chi connectivity index (χ0v) is 13.4. The van der Waals surface area contributed by atoms with Crippen molar-refractivity contribution in [2.24, 2.45) is 9.98 Å². The molecule has 0 bridgehead atoms. The number of rotatable bonds is 3. The van der Waals surface area contributed by atoms with E-state index in [4.69, 9.17) is 0 Å². The predicted octanol–water partition coefficient (Wildman–Crippen LogP) is 3.42. The summed E-state index contributed by atoms with van der Waals surface area (Å²) in [6.45, 7) is 0. The Bertz CT molecular complexity index is 732. The van der Waals surface area contributed by atoms with Gasteiger partial charge in [0.05, 0.1) is 11.9 Å². The van der Waals surface area contributed by atoms with Crippen molar-refractivity contribution in [2.45, 2.75) is 9.60 Å². The summed E-state index contributed by atoms with van der Waals surface area (Å²) in [7, 11) is 0. The molecule has 1 aromatic heterocycles. The third kappa shape index (κ3) is 2.89. The second kappa shape index (κ2) is 5.65. The van der Waals surface area contributed by atoms with Gasteiger partial charge in [0.25, 0.3) is 0 Å². The summed E-state index contributed by atoms with van der Waals surface area (Å²) in [6, 6.07) is 7.86. The van der Waals surface area contributed by atoms with Gasteiger partial charge in [-0.05, 0) is 52.5 Å². The highest BCUT2D eigenvalue weighted by Crippen LogP contribution is 2.34. The topological polar surface area (TPSA) is 50.5 Å². The SMILES string of the molecule is CSc1nccc(C2(Br)C=NC(c3ccc(F)cc3)=N2)n1. The zero-order valence-electron chi connectivity index (χ0n) is 11.0. The van der Waals surface area contributed by atoms with Gasteiger partial charge in [0.15, 0.2) is 15.4 Å². The first kappa shape index (κ1) is 14.3. The molecule has 1 aromatic carbocycles. The van der Waals surface area contributed by atoms with E-state index in [-0.39, 0.29) is 5.82 Å². The van der Waals surface area contributed by atoms with Crippen molar-refractivity contribution in [3.05, 3.63) is 53.6 Å². The molecule has 1 atom stereocenters. The van der Waals surface area contributed by atoms with E-state index in [2.05, 4.69) is 35.9 Å². The summed E-state index contributed by atoms with van der Waals surface area (Å²) in [5.74, 6) is 0.253. The second-order valence-corrected chi connectivity index (χ2v) is 6.28. The van der Waals surface area contributed by atoms with Gasteiger partial charge in [-0.3, -0.25) is 0 Å². The highest BCUT2D eigenvalue weighted by Gasteiger charge is 2.33. The van der Waals surface area contributed by atoms with Crippen molar-refractivity contribution >= 4 is 39.7 Å². The smallest absolute Gasteiger partial charge is 0.194 e. The monoisotopic (exact) mass is 364 g/mol. The molecule has 3 rings (SSSR count). The number of aromatic nitrogens is 2. The molecule has 1 unspecified atom stereocenters. The minimum Gasteiger partial charge on any atom is -0.237 e. The first-order valence-corrected chi connectivity index (χ1v) is 8.10. The first-order chi connectivity index (χ1) is 10.1. The minimum atomic E-state index is -0.801. The molecule has 0 saturated heterocycles. The van der Waals surface area contributed by atoms with Crippen LogP contribution in [0.25, 0.3) is 0 Å². The van der Waals surface area contributed by atoms with E-state index in [1.54, 1.807) is 30.6 Å². The Morgan fingerprint density at radius 1 is 1.19 bits per heavy atom. The van der Waals surface area contributed by atoms with Gasteiger partial charge < -0.3 is 0 Å². The summed E-state index contributed by atoms with van der Waals surface area (Å²) in [4.78, 5) is 17.4. The van der Waals surface area contributed by atoms with Gasteiger partial charge >= 0.3 is 0 Å². The van der Waals surface area contributed by atoms with Crippen LogP contribution in [0.15, 0.2) is 51.7 Å². The average Bonchev–Trinajstić information content (AvgIpc) is 2.92.